The zero-order valence-electron chi connectivity index (χ0n) is 11.0. The van der Waals surface area contributed by atoms with Crippen molar-refractivity contribution in [3.05, 3.63) is 45.6 Å². The molecule has 1 amide bonds. The molecule has 1 heterocycles. The number of primary amides is 1. The van der Waals surface area contributed by atoms with Gasteiger partial charge in [0, 0.05) is 0 Å². The van der Waals surface area contributed by atoms with E-state index in [2.05, 4.69) is 4.72 Å². The van der Waals surface area contributed by atoms with Crippen molar-refractivity contribution in [2.75, 3.05) is 4.72 Å². The minimum atomic E-state index is -3.74. The van der Waals surface area contributed by atoms with E-state index in [1.165, 1.54) is 6.07 Å². The maximum Gasteiger partial charge on any atom is 0.262 e. The third kappa shape index (κ3) is 2.83. The van der Waals surface area contributed by atoms with Gasteiger partial charge in [-0.1, -0.05) is 17.7 Å². The van der Waals surface area contributed by atoms with Crippen LogP contribution in [0.15, 0.2) is 34.5 Å². The van der Waals surface area contributed by atoms with Crippen molar-refractivity contribution in [3.63, 3.8) is 0 Å². The third-order valence-corrected chi connectivity index (χ3v) is 5.21. The second-order valence-corrected chi connectivity index (χ2v) is 6.97. The lowest BCUT2D eigenvalue weighted by atomic mass is 10.2. The summed E-state index contributed by atoms with van der Waals surface area (Å²) in [5.74, 6) is -0.654. The van der Waals surface area contributed by atoms with Crippen molar-refractivity contribution in [3.8, 4) is 0 Å². The maximum atomic E-state index is 12.3. The lowest BCUT2D eigenvalue weighted by molar-refractivity contribution is 0.100. The summed E-state index contributed by atoms with van der Waals surface area (Å²) in [7, 11) is -3.74. The van der Waals surface area contributed by atoms with E-state index in [9.17, 15) is 13.2 Å². The fourth-order valence-electron chi connectivity index (χ4n) is 1.88. The predicted molar refractivity (Wildman–Crippen MR) is 79.6 cm³/mol. The van der Waals surface area contributed by atoms with Crippen LogP contribution in [0.5, 0.6) is 0 Å². The molecular formula is C13H14N2O3S2. The van der Waals surface area contributed by atoms with E-state index in [0.717, 1.165) is 16.9 Å². The summed E-state index contributed by atoms with van der Waals surface area (Å²) in [5.41, 5.74) is 7.04. The highest BCUT2D eigenvalue weighted by molar-refractivity contribution is 7.92. The molecule has 0 radical (unpaired) electrons. The molecule has 0 saturated carbocycles. The predicted octanol–water partition coefficient (Wildman–Crippen LogP) is 2.26. The molecule has 0 saturated heterocycles. The maximum absolute atomic E-state index is 12.3. The minimum absolute atomic E-state index is 0.185. The number of benzene rings is 1. The first-order valence-corrected chi connectivity index (χ1v) is 8.15. The molecule has 0 unspecified atom stereocenters. The van der Waals surface area contributed by atoms with Crippen LogP contribution in [0.25, 0.3) is 0 Å². The Hall–Kier alpha value is -1.86. The lowest BCUT2D eigenvalue weighted by Crippen LogP contribution is -2.17. The number of nitrogens with two attached hydrogens (primary N) is 1. The average molecular weight is 310 g/mol. The van der Waals surface area contributed by atoms with Crippen LogP contribution in [-0.4, -0.2) is 14.3 Å². The number of carbonyl (C=O) groups is 1. The minimum Gasteiger partial charge on any atom is -0.365 e. The van der Waals surface area contributed by atoms with Crippen molar-refractivity contribution < 1.29 is 13.2 Å². The van der Waals surface area contributed by atoms with Crippen LogP contribution in [0.2, 0.25) is 0 Å². The molecular weight excluding hydrogens is 296 g/mol. The van der Waals surface area contributed by atoms with Gasteiger partial charge in [0.15, 0.2) is 0 Å². The van der Waals surface area contributed by atoms with Gasteiger partial charge < -0.3 is 5.73 Å². The highest BCUT2D eigenvalue weighted by atomic mass is 32.2. The number of anilines is 1. The molecule has 0 bridgehead atoms. The average Bonchev–Trinajstić information content (AvgIpc) is 2.75. The molecule has 1 aromatic carbocycles. The standard InChI is InChI=1S/C13H14N2O3S2/c1-8-3-4-11(9(2)7-8)20(17,18)15-10-5-6-19-12(10)13(14)16/h3-7,15H,1-2H3,(H2,14,16). The SMILES string of the molecule is Cc1ccc(S(=O)(=O)Nc2ccsc2C(N)=O)c(C)c1. The number of carbonyl (C=O) groups excluding carboxylic acids is 1. The number of nitrogens with one attached hydrogen (secondary N) is 1. The van der Waals surface area contributed by atoms with Crippen LogP contribution in [0.4, 0.5) is 5.69 Å². The zero-order chi connectivity index (χ0) is 14.9. The summed E-state index contributed by atoms with van der Waals surface area (Å²) in [5, 5.41) is 1.61. The van der Waals surface area contributed by atoms with Crippen LogP contribution in [0, 0.1) is 13.8 Å². The number of aryl methyl sites for hydroxylation is 2. The molecule has 3 N–H and O–H groups in total. The van der Waals surface area contributed by atoms with Crippen molar-refractivity contribution >= 4 is 33.0 Å². The zero-order valence-corrected chi connectivity index (χ0v) is 12.6. The monoisotopic (exact) mass is 310 g/mol. The van der Waals surface area contributed by atoms with Crippen LogP contribution >= 0.6 is 11.3 Å². The van der Waals surface area contributed by atoms with Gasteiger partial charge in [0.2, 0.25) is 0 Å². The largest absolute Gasteiger partial charge is 0.365 e. The third-order valence-electron chi connectivity index (χ3n) is 2.75. The molecule has 2 rings (SSSR count). The molecule has 7 heteroatoms. The molecule has 0 spiro atoms. The molecule has 106 valence electrons. The van der Waals surface area contributed by atoms with Crippen molar-refractivity contribution in [1.82, 2.24) is 0 Å². The first-order valence-electron chi connectivity index (χ1n) is 5.78. The van der Waals surface area contributed by atoms with E-state index in [4.69, 9.17) is 5.73 Å². The lowest BCUT2D eigenvalue weighted by Gasteiger charge is -2.10. The molecule has 2 aromatic rings. The van der Waals surface area contributed by atoms with Gasteiger partial charge in [0.1, 0.15) is 4.88 Å². The van der Waals surface area contributed by atoms with Gasteiger partial charge in [-0.05, 0) is 36.9 Å². The van der Waals surface area contributed by atoms with Gasteiger partial charge in [-0.15, -0.1) is 11.3 Å². The Morgan fingerprint density at radius 2 is 1.95 bits per heavy atom. The van der Waals surface area contributed by atoms with Gasteiger partial charge in [0.25, 0.3) is 15.9 Å². The van der Waals surface area contributed by atoms with E-state index >= 15 is 0 Å². The van der Waals surface area contributed by atoms with Crippen molar-refractivity contribution in [1.29, 1.82) is 0 Å². The van der Waals surface area contributed by atoms with E-state index in [-0.39, 0.29) is 15.5 Å². The Morgan fingerprint density at radius 1 is 1.25 bits per heavy atom. The topological polar surface area (TPSA) is 89.3 Å². The summed E-state index contributed by atoms with van der Waals surface area (Å²) in [4.78, 5) is 11.6. The van der Waals surface area contributed by atoms with Crippen LogP contribution in [0.1, 0.15) is 20.8 Å². The molecule has 0 fully saturated rings. The van der Waals surface area contributed by atoms with Crippen molar-refractivity contribution in [2.45, 2.75) is 18.7 Å². The highest BCUT2D eigenvalue weighted by Crippen LogP contribution is 2.26. The fraction of sp³-hybridized carbons (Fsp3) is 0.154. The summed E-state index contributed by atoms with van der Waals surface area (Å²) in [6.07, 6.45) is 0. The summed E-state index contributed by atoms with van der Waals surface area (Å²) < 4.78 is 27.1. The van der Waals surface area contributed by atoms with Crippen LogP contribution in [-0.2, 0) is 10.0 Å². The number of amides is 1. The van der Waals surface area contributed by atoms with Crippen molar-refractivity contribution in [2.24, 2.45) is 5.73 Å². The number of hydrogen-bond acceptors (Lipinski definition) is 4. The number of sulfonamides is 1. The smallest absolute Gasteiger partial charge is 0.262 e. The first kappa shape index (κ1) is 14.5. The molecule has 0 aliphatic carbocycles. The van der Waals surface area contributed by atoms with Crippen LogP contribution in [0.3, 0.4) is 0 Å². The molecule has 0 atom stereocenters. The molecule has 5 nitrogen and oxygen atoms in total. The van der Waals surface area contributed by atoms with E-state index in [0.29, 0.717) is 5.56 Å². The quantitative estimate of drug-likeness (QED) is 0.907. The van der Waals surface area contributed by atoms with E-state index < -0.39 is 15.9 Å². The van der Waals surface area contributed by atoms with Gasteiger partial charge in [-0.2, -0.15) is 0 Å². The molecule has 0 aliphatic heterocycles. The van der Waals surface area contributed by atoms with E-state index in [1.807, 2.05) is 6.92 Å². The first-order chi connectivity index (χ1) is 9.31. The second-order valence-electron chi connectivity index (χ2n) is 4.40. The number of hydrogen-bond donors (Lipinski definition) is 2. The second kappa shape index (κ2) is 5.26. The fourth-order valence-corrected chi connectivity index (χ4v) is 3.95. The van der Waals surface area contributed by atoms with Gasteiger partial charge in [0.05, 0.1) is 10.6 Å². The highest BCUT2D eigenvalue weighted by Gasteiger charge is 2.20. The van der Waals surface area contributed by atoms with Crippen LogP contribution < -0.4 is 10.5 Å². The van der Waals surface area contributed by atoms with Gasteiger partial charge in [-0.3, -0.25) is 9.52 Å². The van der Waals surface area contributed by atoms with E-state index in [1.54, 1.807) is 30.5 Å². The Balaban J connectivity index is 2.41. The van der Waals surface area contributed by atoms with Gasteiger partial charge in [-0.25, -0.2) is 8.42 Å². The number of thiophene rings is 1. The Labute approximate surface area is 121 Å². The Bertz CT molecular complexity index is 764. The Morgan fingerprint density at radius 3 is 2.55 bits per heavy atom. The summed E-state index contributed by atoms with van der Waals surface area (Å²) in [6, 6.07) is 6.58. The Kier molecular flexibility index (Phi) is 3.82. The summed E-state index contributed by atoms with van der Waals surface area (Å²) in [6.45, 7) is 3.62. The number of rotatable bonds is 4. The van der Waals surface area contributed by atoms with Gasteiger partial charge >= 0.3 is 0 Å². The molecule has 20 heavy (non-hydrogen) atoms. The molecule has 0 aliphatic rings. The normalized spacial score (nSPS) is 11.3. The summed E-state index contributed by atoms with van der Waals surface area (Å²) >= 11 is 1.10. The molecule has 1 aromatic heterocycles.